The molecule has 0 aromatic heterocycles. The van der Waals surface area contributed by atoms with Gasteiger partial charge in [0.2, 0.25) is 0 Å². The zero-order valence-corrected chi connectivity index (χ0v) is 11.3. The zero-order valence-electron chi connectivity index (χ0n) is 11.3. The molecule has 0 radical (unpaired) electrons. The topological polar surface area (TPSA) is 21.3 Å². The first-order chi connectivity index (χ1) is 8.27. The summed E-state index contributed by atoms with van der Waals surface area (Å²) in [7, 11) is 2.04. The summed E-state index contributed by atoms with van der Waals surface area (Å²) in [5.41, 5.74) is 1.25. The fourth-order valence-electron chi connectivity index (χ4n) is 1.97. The van der Waals surface area contributed by atoms with Crippen molar-refractivity contribution >= 4 is 0 Å². The lowest BCUT2D eigenvalue weighted by molar-refractivity contribution is 0.106. The van der Waals surface area contributed by atoms with Crippen molar-refractivity contribution in [3.8, 4) is 0 Å². The number of nitrogens with one attached hydrogen (secondary N) is 1. The SMILES string of the molecule is CCC(C)C(CCOCc1ccccc1)NC. The van der Waals surface area contributed by atoms with Crippen LogP contribution in [0, 0.1) is 5.92 Å². The van der Waals surface area contributed by atoms with Gasteiger partial charge in [0, 0.05) is 12.6 Å². The molecule has 2 heteroatoms. The molecule has 2 atom stereocenters. The first-order valence-corrected chi connectivity index (χ1v) is 6.56. The standard InChI is InChI=1S/C15H25NO/c1-4-13(2)15(16-3)10-11-17-12-14-8-6-5-7-9-14/h5-9,13,15-16H,4,10-12H2,1-3H3. The number of hydrogen-bond donors (Lipinski definition) is 1. The van der Waals surface area contributed by atoms with E-state index < -0.39 is 0 Å². The summed E-state index contributed by atoms with van der Waals surface area (Å²) in [6.45, 7) is 6.07. The van der Waals surface area contributed by atoms with Crippen molar-refractivity contribution in [3.05, 3.63) is 35.9 Å². The molecule has 2 unspecified atom stereocenters. The Morgan fingerprint density at radius 3 is 2.53 bits per heavy atom. The smallest absolute Gasteiger partial charge is 0.0716 e. The monoisotopic (exact) mass is 235 g/mol. The summed E-state index contributed by atoms with van der Waals surface area (Å²) in [5.74, 6) is 0.709. The predicted molar refractivity (Wildman–Crippen MR) is 73.0 cm³/mol. The molecule has 1 rings (SSSR count). The predicted octanol–water partition coefficient (Wildman–Crippen LogP) is 3.23. The molecule has 1 N–H and O–H groups in total. The molecule has 0 spiro atoms. The molecule has 96 valence electrons. The third-order valence-electron chi connectivity index (χ3n) is 3.39. The average molecular weight is 235 g/mol. The van der Waals surface area contributed by atoms with E-state index in [0.717, 1.165) is 19.6 Å². The summed E-state index contributed by atoms with van der Waals surface area (Å²) < 4.78 is 5.71. The zero-order chi connectivity index (χ0) is 12.5. The molecule has 0 fully saturated rings. The number of benzene rings is 1. The van der Waals surface area contributed by atoms with Gasteiger partial charge >= 0.3 is 0 Å². The van der Waals surface area contributed by atoms with E-state index in [1.807, 2.05) is 25.2 Å². The van der Waals surface area contributed by atoms with Gasteiger partial charge in [0.25, 0.3) is 0 Å². The fraction of sp³-hybridized carbons (Fsp3) is 0.600. The van der Waals surface area contributed by atoms with Crippen LogP contribution in [0.3, 0.4) is 0 Å². The van der Waals surface area contributed by atoms with E-state index in [-0.39, 0.29) is 0 Å². The van der Waals surface area contributed by atoms with Crippen molar-refractivity contribution in [2.45, 2.75) is 39.3 Å². The second-order valence-electron chi connectivity index (χ2n) is 4.61. The van der Waals surface area contributed by atoms with Gasteiger partial charge in [0.15, 0.2) is 0 Å². The third kappa shape index (κ3) is 5.33. The lowest BCUT2D eigenvalue weighted by atomic mass is 9.97. The Hall–Kier alpha value is -0.860. The van der Waals surface area contributed by atoms with Crippen LogP contribution < -0.4 is 5.32 Å². The van der Waals surface area contributed by atoms with Gasteiger partial charge in [-0.2, -0.15) is 0 Å². The highest BCUT2D eigenvalue weighted by Gasteiger charge is 2.12. The van der Waals surface area contributed by atoms with Crippen molar-refractivity contribution < 1.29 is 4.74 Å². The lowest BCUT2D eigenvalue weighted by Crippen LogP contribution is -2.32. The normalized spacial score (nSPS) is 14.5. The molecular weight excluding hydrogens is 210 g/mol. The molecule has 1 aromatic rings. The van der Waals surface area contributed by atoms with Gasteiger partial charge in [-0.3, -0.25) is 0 Å². The Balaban J connectivity index is 2.19. The molecule has 0 amide bonds. The summed E-state index contributed by atoms with van der Waals surface area (Å²) in [5, 5.41) is 3.37. The van der Waals surface area contributed by atoms with Gasteiger partial charge in [-0.25, -0.2) is 0 Å². The largest absolute Gasteiger partial charge is 0.377 e. The quantitative estimate of drug-likeness (QED) is 0.699. The van der Waals surface area contributed by atoms with E-state index in [2.05, 4.69) is 31.3 Å². The van der Waals surface area contributed by atoms with E-state index >= 15 is 0 Å². The van der Waals surface area contributed by atoms with Crippen LogP contribution in [0.4, 0.5) is 0 Å². The van der Waals surface area contributed by atoms with Crippen LogP contribution in [0.15, 0.2) is 30.3 Å². The maximum atomic E-state index is 5.71. The minimum absolute atomic E-state index is 0.566. The van der Waals surface area contributed by atoms with Gasteiger partial charge in [0.1, 0.15) is 0 Å². The van der Waals surface area contributed by atoms with E-state index in [0.29, 0.717) is 12.0 Å². The highest BCUT2D eigenvalue weighted by Crippen LogP contribution is 2.11. The van der Waals surface area contributed by atoms with Crippen LogP contribution >= 0.6 is 0 Å². The Labute approximate surface area is 105 Å². The van der Waals surface area contributed by atoms with E-state index in [1.165, 1.54) is 12.0 Å². The number of rotatable bonds is 8. The van der Waals surface area contributed by atoms with Gasteiger partial charge in [-0.05, 0) is 24.9 Å². The van der Waals surface area contributed by atoms with Crippen molar-refractivity contribution in [2.24, 2.45) is 5.92 Å². The van der Waals surface area contributed by atoms with Gasteiger partial charge in [-0.1, -0.05) is 50.6 Å². The van der Waals surface area contributed by atoms with Crippen molar-refractivity contribution in [1.29, 1.82) is 0 Å². The molecule has 0 saturated carbocycles. The molecule has 1 aromatic carbocycles. The fourth-order valence-corrected chi connectivity index (χ4v) is 1.97. The van der Waals surface area contributed by atoms with Crippen LogP contribution in [0.1, 0.15) is 32.3 Å². The van der Waals surface area contributed by atoms with Crippen molar-refractivity contribution in [2.75, 3.05) is 13.7 Å². The molecule has 0 bridgehead atoms. The summed E-state index contributed by atoms with van der Waals surface area (Å²) in [6.07, 6.45) is 2.29. The van der Waals surface area contributed by atoms with Crippen LogP contribution in [0.25, 0.3) is 0 Å². The number of hydrogen-bond acceptors (Lipinski definition) is 2. The molecule has 0 aliphatic heterocycles. The van der Waals surface area contributed by atoms with Crippen molar-refractivity contribution in [1.82, 2.24) is 5.32 Å². The Morgan fingerprint density at radius 1 is 1.24 bits per heavy atom. The van der Waals surface area contributed by atoms with Crippen LogP contribution in [-0.4, -0.2) is 19.7 Å². The molecular formula is C15H25NO. The second kappa shape index (κ2) is 8.26. The molecule has 0 heterocycles. The molecule has 0 saturated heterocycles. The Bertz CT molecular complexity index is 286. The van der Waals surface area contributed by atoms with Crippen LogP contribution in [-0.2, 0) is 11.3 Å². The molecule has 2 nitrogen and oxygen atoms in total. The van der Waals surface area contributed by atoms with Crippen LogP contribution in [0.5, 0.6) is 0 Å². The average Bonchev–Trinajstić information content (AvgIpc) is 2.39. The third-order valence-corrected chi connectivity index (χ3v) is 3.39. The lowest BCUT2D eigenvalue weighted by Gasteiger charge is -2.22. The Morgan fingerprint density at radius 2 is 1.94 bits per heavy atom. The first-order valence-electron chi connectivity index (χ1n) is 6.56. The van der Waals surface area contributed by atoms with Gasteiger partial charge in [0.05, 0.1) is 6.61 Å². The van der Waals surface area contributed by atoms with E-state index in [1.54, 1.807) is 0 Å². The highest BCUT2D eigenvalue weighted by molar-refractivity contribution is 5.13. The number of ether oxygens (including phenoxy) is 1. The summed E-state index contributed by atoms with van der Waals surface area (Å²) >= 11 is 0. The van der Waals surface area contributed by atoms with Gasteiger partial charge < -0.3 is 10.1 Å². The molecule has 0 aliphatic rings. The first kappa shape index (κ1) is 14.2. The highest BCUT2D eigenvalue weighted by atomic mass is 16.5. The van der Waals surface area contributed by atoms with Crippen molar-refractivity contribution in [3.63, 3.8) is 0 Å². The molecule has 0 aliphatic carbocycles. The maximum absolute atomic E-state index is 5.71. The van der Waals surface area contributed by atoms with Gasteiger partial charge in [-0.15, -0.1) is 0 Å². The molecule has 17 heavy (non-hydrogen) atoms. The minimum Gasteiger partial charge on any atom is -0.377 e. The van der Waals surface area contributed by atoms with Crippen LogP contribution in [0.2, 0.25) is 0 Å². The minimum atomic E-state index is 0.566. The van der Waals surface area contributed by atoms with E-state index in [9.17, 15) is 0 Å². The summed E-state index contributed by atoms with van der Waals surface area (Å²) in [6, 6.07) is 10.9. The van der Waals surface area contributed by atoms with E-state index in [4.69, 9.17) is 4.74 Å². The second-order valence-corrected chi connectivity index (χ2v) is 4.61. The summed E-state index contributed by atoms with van der Waals surface area (Å²) in [4.78, 5) is 0. The Kier molecular flexibility index (Phi) is 6.90. The maximum Gasteiger partial charge on any atom is 0.0716 e.